The molecule has 1 aliphatic rings. The number of aromatic nitrogens is 3. The van der Waals surface area contributed by atoms with Crippen LogP contribution in [-0.2, 0) is 11.8 Å². The minimum Gasteiger partial charge on any atom is -0.353 e. The van der Waals surface area contributed by atoms with Crippen molar-refractivity contribution in [2.24, 2.45) is 7.05 Å². The maximum absolute atomic E-state index is 12.3. The summed E-state index contributed by atoms with van der Waals surface area (Å²) in [5.74, 6) is 0.391. The Morgan fingerprint density at radius 1 is 1.19 bits per heavy atom. The molecule has 0 spiro atoms. The Hall–Kier alpha value is -1.86. The second kappa shape index (κ2) is 9.73. The molecule has 0 aliphatic carbocycles. The Kier molecular flexibility index (Phi) is 7.08. The van der Waals surface area contributed by atoms with E-state index in [9.17, 15) is 4.79 Å². The molecule has 2 aromatic rings. The zero-order chi connectivity index (χ0) is 18.2. The number of likely N-dealkylation sites (tertiary alicyclic amines) is 1. The number of thioether (sulfide) groups is 1. The largest absolute Gasteiger partial charge is 0.353 e. The number of nitrogens with zero attached hydrogens (tertiary/aromatic N) is 4. The molecule has 0 radical (unpaired) electrons. The molecule has 2 heterocycles. The highest BCUT2D eigenvalue weighted by atomic mass is 32.2. The molecule has 1 saturated heterocycles. The van der Waals surface area contributed by atoms with Gasteiger partial charge in [-0.25, -0.2) is 0 Å². The van der Waals surface area contributed by atoms with Gasteiger partial charge in [0.25, 0.3) is 0 Å². The van der Waals surface area contributed by atoms with Crippen LogP contribution in [0.3, 0.4) is 0 Å². The van der Waals surface area contributed by atoms with E-state index in [0.29, 0.717) is 12.3 Å². The van der Waals surface area contributed by atoms with Crippen LogP contribution in [0.25, 0.3) is 0 Å². The highest BCUT2D eigenvalue weighted by Crippen LogP contribution is 2.24. The summed E-state index contributed by atoms with van der Waals surface area (Å²) in [5, 5.41) is 11.7. The second-order valence-electron chi connectivity index (χ2n) is 6.69. The number of benzene rings is 1. The normalized spacial score (nSPS) is 16.8. The van der Waals surface area contributed by atoms with Gasteiger partial charge in [0, 0.05) is 13.6 Å². The van der Waals surface area contributed by atoms with Crippen molar-refractivity contribution >= 4 is 17.7 Å². The second-order valence-corrected chi connectivity index (χ2v) is 7.64. The number of nitrogens with one attached hydrogen (secondary N) is 1. The van der Waals surface area contributed by atoms with Gasteiger partial charge < -0.3 is 9.88 Å². The van der Waals surface area contributed by atoms with Crippen molar-refractivity contribution in [3.05, 3.63) is 42.2 Å². The van der Waals surface area contributed by atoms with Crippen LogP contribution >= 0.6 is 11.8 Å². The van der Waals surface area contributed by atoms with Gasteiger partial charge in [0.15, 0.2) is 5.16 Å². The fourth-order valence-corrected chi connectivity index (χ4v) is 4.05. The number of rotatable bonds is 7. The molecule has 1 atom stereocenters. The number of hydrogen-bond acceptors (Lipinski definition) is 5. The molecule has 1 fully saturated rings. The molecule has 0 saturated carbocycles. The van der Waals surface area contributed by atoms with E-state index in [1.807, 2.05) is 17.7 Å². The van der Waals surface area contributed by atoms with Gasteiger partial charge in [-0.15, -0.1) is 10.2 Å². The number of aryl methyl sites for hydroxylation is 1. The van der Waals surface area contributed by atoms with E-state index < -0.39 is 0 Å². The van der Waals surface area contributed by atoms with Crippen LogP contribution in [0.15, 0.2) is 41.8 Å². The van der Waals surface area contributed by atoms with Crippen molar-refractivity contribution in [2.75, 3.05) is 25.4 Å². The van der Waals surface area contributed by atoms with E-state index in [0.717, 1.165) is 18.2 Å². The number of carbonyl (C=O) groups is 1. The summed E-state index contributed by atoms with van der Waals surface area (Å²) in [4.78, 5) is 14.9. The number of hydrogen-bond donors (Lipinski definition) is 1. The fraction of sp³-hybridized carbons (Fsp3) is 0.526. The van der Waals surface area contributed by atoms with E-state index in [1.165, 1.54) is 43.0 Å². The van der Waals surface area contributed by atoms with Crippen LogP contribution in [0.4, 0.5) is 0 Å². The molecule has 1 aromatic carbocycles. The van der Waals surface area contributed by atoms with E-state index in [2.05, 4.69) is 44.7 Å². The lowest BCUT2D eigenvalue weighted by molar-refractivity contribution is -0.118. The van der Waals surface area contributed by atoms with Crippen molar-refractivity contribution in [1.29, 1.82) is 0 Å². The molecule has 1 amide bonds. The lowest BCUT2D eigenvalue weighted by atomic mass is 10.0. The third kappa shape index (κ3) is 5.32. The first-order valence-electron chi connectivity index (χ1n) is 9.26. The van der Waals surface area contributed by atoms with E-state index in [4.69, 9.17) is 0 Å². The lowest BCUT2D eigenvalue weighted by Crippen LogP contribution is -2.39. The van der Waals surface area contributed by atoms with Crippen LogP contribution in [0.1, 0.15) is 37.3 Å². The minimum absolute atomic E-state index is 0.0359. The summed E-state index contributed by atoms with van der Waals surface area (Å²) in [7, 11) is 1.88. The average molecular weight is 374 g/mol. The highest BCUT2D eigenvalue weighted by molar-refractivity contribution is 7.99. The van der Waals surface area contributed by atoms with E-state index >= 15 is 0 Å². The summed E-state index contributed by atoms with van der Waals surface area (Å²) < 4.78 is 1.82. The molecule has 140 valence electrons. The first-order valence-corrected chi connectivity index (χ1v) is 10.2. The molecule has 1 N–H and O–H groups in total. The molecule has 1 aliphatic heterocycles. The van der Waals surface area contributed by atoms with E-state index in [1.54, 1.807) is 6.33 Å². The first kappa shape index (κ1) is 18.9. The molecule has 6 nitrogen and oxygen atoms in total. The molecule has 1 aromatic heterocycles. The van der Waals surface area contributed by atoms with Gasteiger partial charge in [-0.1, -0.05) is 54.9 Å². The van der Waals surface area contributed by atoms with Crippen molar-refractivity contribution < 1.29 is 4.79 Å². The van der Waals surface area contributed by atoms with Crippen LogP contribution < -0.4 is 5.32 Å². The Bertz CT molecular complexity index is 682. The van der Waals surface area contributed by atoms with Crippen LogP contribution in [0.5, 0.6) is 0 Å². The monoisotopic (exact) mass is 373 g/mol. The quantitative estimate of drug-likeness (QED) is 0.756. The zero-order valence-corrected chi connectivity index (χ0v) is 16.1. The molecule has 0 unspecified atom stereocenters. The Balaban J connectivity index is 1.58. The van der Waals surface area contributed by atoms with Gasteiger partial charge in [0.2, 0.25) is 5.91 Å². The predicted octanol–water partition coefficient (Wildman–Crippen LogP) is 2.64. The van der Waals surface area contributed by atoms with Gasteiger partial charge in [0.1, 0.15) is 6.33 Å². The zero-order valence-electron chi connectivity index (χ0n) is 15.3. The SMILES string of the molecule is Cn1cnnc1SCC(=O)NC[C@H](c1ccccc1)N1CCCCCC1. The molecule has 3 rings (SSSR count). The Morgan fingerprint density at radius 2 is 1.92 bits per heavy atom. The summed E-state index contributed by atoms with van der Waals surface area (Å²) in [5.41, 5.74) is 1.27. The van der Waals surface area contributed by atoms with Gasteiger partial charge in [0.05, 0.1) is 11.8 Å². The topological polar surface area (TPSA) is 63.1 Å². The lowest BCUT2D eigenvalue weighted by Gasteiger charge is -2.31. The Morgan fingerprint density at radius 3 is 2.58 bits per heavy atom. The molecular formula is C19H27N5OS. The average Bonchev–Trinajstić information content (AvgIpc) is 2.90. The van der Waals surface area contributed by atoms with Crippen LogP contribution in [0, 0.1) is 0 Å². The summed E-state index contributed by atoms with van der Waals surface area (Å²) >= 11 is 1.41. The van der Waals surface area contributed by atoms with Crippen molar-refractivity contribution in [2.45, 2.75) is 36.9 Å². The van der Waals surface area contributed by atoms with Crippen molar-refractivity contribution in [3.8, 4) is 0 Å². The maximum atomic E-state index is 12.3. The smallest absolute Gasteiger partial charge is 0.230 e. The summed E-state index contributed by atoms with van der Waals surface area (Å²) in [6, 6.07) is 10.8. The van der Waals surface area contributed by atoms with E-state index in [-0.39, 0.29) is 11.9 Å². The van der Waals surface area contributed by atoms with Crippen LogP contribution in [0.2, 0.25) is 0 Å². The molecule has 7 heteroatoms. The number of carbonyl (C=O) groups excluding carboxylic acids is 1. The van der Waals surface area contributed by atoms with Gasteiger partial charge in [-0.3, -0.25) is 9.69 Å². The third-order valence-electron chi connectivity index (χ3n) is 4.76. The number of amides is 1. The fourth-order valence-electron chi connectivity index (χ4n) is 3.33. The predicted molar refractivity (Wildman–Crippen MR) is 104 cm³/mol. The Labute approximate surface area is 159 Å². The highest BCUT2D eigenvalue weighted by Gasteiger charge is 2.22. The van der Waals surface area contributed by atoms with Crippen molar-refractivity contribution in [1.82, 2.24) is 25.0 Å². The molecule has 0 bridgehead atoms. The third-order valence-corrected chi connectivity index (χ3v) is 5.79. The minimum atomic E-state index is 0.0359. The van der Waals surface area contributed by atoms with Crippen LogP contribution in [-0.4, -0.2) is 51.0 Å². The standard InChI is InChI=1S/C19H27N5OS/c1-23-15-21-22-19(23)26-14-18(25)20-13-17(16-9-5-4-6-10-16)24-11-7-2-3-8-12-24/h4-6,9-10,15,17H,2-3,7-8,11-14H2,1H3,(H,20,25)/t17-/m1/s1. The molecule has 26 heavy (non-hydrogen) atoms. The summed E-state index contributed by atoms with van der Waals surface area (Å²) in [6.07, 6.45) is 6.72. The van der Waals surface area contributed by atoms with Crippen molar-refractivity contribution in [3.63, 3.8) is 0 Å². The first-order chi connectivity index (χ1) is 12.7. The van der Waals surface area contributed by atoms with Gasteiger partial charge in [-0.05, 0) is 31.5 Å². The van der Waals surface area contributed by atoms with Gasteiger partial charge in [-0.2, -0.15) is 0 Å². The molecular weight excluding hydrogens is 346 g/mol. The summed E-state index contributed by atoms with van der Waals surface area (Å²) in [6.45, 7) is 2.84. The van der Waals surface area contributed by atoms with Gasteiger partial charge >= 0.3 is 0 Å². The maximum Gasteiger partial charge on any atom is 0.230 e.